The lowest BCUT2D eigenvalue weighted by Gasteiger charge is -2.40. The van der Waals surface area contributed by atoms with Gasteiger partial charge in [0.15, 0.2) is 0 Å². The lowest BCUT2D eigenvalue weighted by atomic mass is 9.99. The molecule has 0 unspecified atom stereocenters. The van der Waals surface area contributed by atoms with Crippen LogP contribution in [0.4, 0.5) is 5.82 Å². The van der Waals surface area contributed by atoms with Crippen molar-refractivity contribution in [1.29, 1.82) is 5.26 Å². The van der Waals surface area contributed by atoms with Gasteiger partial charge in [0.05, 0.1) is 12.6 Å². The van der Waals surface area contributed by atoms with Gasteiger partial charge in [-0.25, -0.2) is 15.0 Å². The number of aryl methyl sites for hydroxylation is 1. The Morgan fingerprint density at radius 2 is 1.98 bits per heavy atom. The fourth-order valence-corrected chi connectivity index (χ4v) is 7.10. The molecule has 3 aliphatic rings. The van der Waals surface area contributed by atoms with Gasteiger partial charge in [-0.3, -0.25) is 4.79 Å². The van der Waals surface area contributed by atoms with Crippen molar-refractivity contribution >= 4 is 22.8 Å². The average Bonchev–Trinajstić information content (AvgIpc) is 3.66. The molecule has 0 spiro atoms. The third-order valence-corrected chi connectivity index (χ3v) is 9.29. The molecule has 2 saturated heterocycles. The van der Waals surface area contributed by atoms with Gasteiger partial charge < -0.3 is 24.8 Å². The van der Waals surface area contributed by atoms with Crippen molar-refractivity contribution in [1.82, 2.24) is 24.4 Å². The highest BCUT2D eigenvalue weighted by molar-refractivity contribution is 6.00. The van der Waals surface area contributed by atoms with Crippen LogP contribution in [-0.2, 0) is 13.0 Å². The molecule has 1 saturated carbocycles. The maximum absolute atomic E-state index is 13.8. The summed E-state index contributed by atoms with van der Waals surface area (Å²) >= 11 is 0. The third-order valence-electron chi connectivity index (χ3n) is 9.29. The Bertz CT molecular complexity index is 1720. The first-order valence-corrected chi connectivity index (χ1v) is 14.7. The van der Waals surface area contributed by atoms with Gasteiger partial charge in [-0.15, -0.1) is 0 Å². The molecule has 2 aliphatic heterocycles. The van der Waals surface area contributed by atoms with Crippen molar-refractivity contribution in [2.45, 2.75) is 44.8 Å². The lowest BCUT2D eigenvalue weighted by Crippen LogP contribution is -2.49. The quantitative estimate of drug-likeness (QED) is 0.362. The van der Waals surface area contributed by atoms with E-state index in [1.807, 2.05) is 35.2 Å². The van der Waals surface area contributed by atoms with Gasteiger partial charge in [0, 0.05) is 61.5 Å². The zero-order chi connectivity index (χ0) is 29.0. The normalized spacial score (nSPS) is 21.5. The van der Waals surface area contributed by atoms with Crippen molar-refractivity contribution in [2.75, 3.05) is 31.6 Å². The maximum atomic E-state index is 13.8. The summed E-state index contributed by atoms with van der Waals surface area (Å²) in [5.74, 6) is 3.18. The molecule has 4 heterocycles. The number of nitrogens with zero attached hydrogens (tertiary/aromatic N) is 7. The molecular formula is C32H34N8O2. The second kappa shape index (κ2) is 10.4. The van der Waals surface area contributed by atoms with E-state index in [4.69, 9.17) is 15.5 Å². The number of methoxy groups -OCH3 is 1. The van der Waals surface area contributed by atoms with Gasteiger partial charge >= 0.3 is 0 Å². The fourth-order valence-electron chi connectivity index (χ4n) is 7.10. The van der Waals surface area contributed by atoms with Crippen molar-refractivity contribution in [3.8, 4) is 23.2 Å². The number of ether oxygens (including phenoxy) is 1. The topological polar surface area (TPSA) is 126 Å². The summed E-state index contributed by atoms with van der Waals surface area (Å²) in [5, 5.41) is 9.20. The Morgan fingerprint density at radius 1 is 1.14 bits per heavy atom. The summed E-state index contributed by atoms with van der Waals surface area (Å²) in [6.07, 6.45) is 4.57. The van der Waals surface area contributed by atoms with Crippen LogP contribution >= 0.6 is 0 Å². The Morgan fingerprint density at radius 3 is 2.69 bits per heavy atom. The van der Waals surface area contributed by atoms with Crippen LogP contribution in [0.1, 0.15) is 41.5 Å². The highest BCUT2D eigenvalue weighted by atomic mass is 16.5. The molecular weight excluding hydrogens is 528 g/mol. The largest absolute Gasteiger partial charge is 0.494 e. The van der Waals surface area contributed by atoms with Crippen LogP contribution in [0.15, 0.2) is 48.7 Å². The number of benzene rings is 2. The molecule has 2 aromatic heterocycles. The number of nitriles is 1. The number of imidazole rings is 1. The van der Waals surface area contributed by atoms with Crippen LogP contribution in [-0.4, -0.2) is 69.2 Å². The van der Waals surface area contributed by atoms with E-state index >= 15 is 0 Å². The molecule has 42 heavy (non-hydrogen) atoms. The standard InChI is InChI=1S/C32H34N8O2/c1-3-20-6-4-5-7-23(20)31-36-24-12-22(32(41)39-18-21-8-9-25(39)29(21)34)13-26(42-2)30(24)40(31)17-19-15-38(16-19)28-10-11-35-27(14-33)37-28/h4-7,10-13,19,21,25,29H,3,8-9,15-18,34H2,1-2H3/t21-,25-,29-/m1/s1. The van der Waals surface area contributed by atoms with E-state index in [0.717, 1.165) is 73.7 Å². The second-order valence-corrected chi connectivity index (χ2v) is 11.7. The molecule has 10 nitrogen and oxygen atoms in total. The molecule has 3 fully saturated rings. The zero-order valence-corrected chi connectivity index (χ0v) is 23.9. The fraction of sp³-hybridized carbons (Fsp3) is 0.406. The van der Waals surface area contributed by atoms with Crippen LogP contribution in [0.2, 0.25) is 0 Å². The minimum atomic E-state index is -0.000803. The summed E-state index contributed by atoms with van der Waals surface area (Å²) in [4.78, 5) is 31.4. The van der Waals surface area contributed by atoms with E-state index in [1.165, 1.54) is 5.56 Å². The van der Waals surface area contributed by atoms with Crippen molar-refractivity contribution in [3.05, 3.63) is 65.6 Å². The predicted molar refractivity (Wildman–Crippen MR) is 159 cm³/mol. The highest BCUT2D eigenvalue weighted by Gasteiger charge is 2.47. The van der Waals surface area contributed by atoms with E-state index in [9.17, 15) is 10.1 Å². The number of nitrogens with two attached hydrogens (primary N) is 1. The molecule has 2 bridgehead atoms. The van der Waals surface area contributed by atoms with Crippen molar-refractivity contribution in [2.24, 2.45) is 17.6 Å². The van der Waals surface area contributed by atoms with Crippen LogP contribution in [0.3, 0.4) is 0 Å². The number of rotatable bonds is 7. The number of hydrogen-bond acceptors (Lipinski definition) is 8. The van der Waals surface area contributed by atoms with Crippen LogP contribution in [0, 0.1) is 23.2 Å². The van der Waals surface area contributed by atoms with E-state index in [-0.39, 0.29) is 23.8 Å². The number of aromatic nitrogens is 4. The predicted octanol–water partition coefficient (Wildman–Crippen LogP) is 3.63. The van der Waals surface area contributed by atoms with Crippen molar-refractivity contribution in [3.63, 3.8) is 0 Å². The molecule has 7 rings (SSSR count). The van der Waals surface area contributed by atoms with E-state index < -0.39 is 0 Å². The lowest BCUT2D eigenvalue weighted by molar-refractivity contribution is 0.0700. The Hall–Kier alpha value is -4.49. The summed E-state index contributed by atoms with van der Waals surface area (Å²) in [7, 11) is 1.65. The molecule has 0 radical (unpaired) electrons. The number of carbonyl (C=O) groups excluding carboxylic acids is 1. The van der Waals surface area contributed by atoms with Gasteiger partial charge in [0.2, 0.25) is 5.82 Å². The van der Waals surface area contributed by atoms with Crippen molar-refractivity contribution < 1.29 is 9.53 Å². The summed E-state index contributed by atoms with van der Waals surface area (Å²) in [5.41, 5.74) is 10.9. The first kappa shape index (κ1) is 26.4. The zero-order valence-electron chi connectivity index (χ0n) is 23.9. The number of amides is 1. The monoisotopic (exact) mass is 562 g/mol. The SMILES string of the molecule is CCc1ccccc1-c1nc2cc(C(=O)N3C[C@H]4CC[C@@H]3[C@@H]4N)cc(OC)c2n1CC1CN(c2ccnc(C#N)n2)C1. The van der Waals surface area contributed by atoms with E-state index in [0.29, 0.717) is 23.1 Å². The van der Waals surface area contributed by atoms with E-state index in [2.05, 4.69) is 44.6 Å². The minimum absolute atomic E-state index is 0.000803. The number of anilines is 1. The number of hydrogen-bond donors (Lipinski definition) is 1. The van der Waals surface area contributed by atoms with E-state index in [1.54, 1.807) is 13.3 Å². The number of carbonyl (C=O) groups is 1. The Kier molecular flexibility index (Phi) is 6.54. The number of likely N-dealkylation sites (tertiary alicyclic amines) is 1. The maximum Gasteiger partial charge on any atom is 0.254 e. The second-order valence-electron chi connectivity index (χ2n) is 11.7. The molecule has 2 aromatic carbocycles. The first-order valence-electron chi connectivity index (χ1n) is 14.7. The summed E-state index contributed by atoms with van der Waals surface area (Å²) < 4.78 is 8.20. The van der Waals surface area contributed by atoms with Gasteiger partial charge in [-0.1, -0.05) is 31.2 Å². The molecule has 1 aliphatic carbocycles. The molecule has 4 aromatic rings. The molecule has 2 N–H and O–H groups in total. The Labute approximate surface area is 244 Å². The van der Waals surface area contributed by atoms with Gasteiger partial charge in [-0.2, -0.15) is 5.26 Å². The van der Waals surface area contributed by atoms with Crippen LogP contribution in [0.5, 0.6) is 5.75 Å². The number of piperidine rings is 1. The van der Waals surface area contributed by atoms with Crippen LogP contribution in [0.25, 0.3) is 22.4 Å². The average molecular weight is 563 g/mol. The molecule has 3 atom stereocenters. The molecule has 10 heteroatoms. The molecule has 214 valence electrons. The van der Waals surface area contributed by atoms with Gasteiger partial charge in [0.25, 0.3) is 5.91 Å². The summed E-state index contributed by atoms with van der Waals surface area (Å²) in [6.45, 7) is 5.19. The minimum Gasteiger partial charge on any atom is -0.494 e. The van der Waals surface area contributed by atoms with Gasteiger partial charge in [0.1, 0.15) is 29.0 Å². The molecule has 1 amide bonds. The highest BCUT2D eigenvalue weighted by Crippen LogP contribution is 2.40. The number of fused-ring (bicyclic) bond motifs is 3. The van der Waals surface area contributed by atoms with Gasteiger partial charge in [-0.05, 0) is 48.9 Å². The van der Waals surface area contributed by atoms with Crippen LogP contribution < -0.4 is 15.4 Å². The first-order chi connectivity index (χ1) is 20.5. The summed E-state index contributed by atoms with van der Waals surface area (Å²) in [6, 6.07) is 16.2. The Balaban J connectivity index is 1.26. The smallest absolute Gasteiger partial charge is 0.254 e. The third kappa shape index (κ3) is 4.27.